The Morgan fingerprint density at radius 1 is 1.60 bits per heavy atom. The number of allylic oxidation sites excluding steroid dienone is 2. The van der Waals surface area contributed by atoms with Gasteiger partial charge in [0.2, 0.25) is 0 Å². The molecule has 0 aliphatic heterocycles. The molecule has 3 heteroatoms. The van der Waals surface area contributed by atoms with Gasteiger partial charge in [0.05, 0.1) is 12.9 Å². The van der Waals surface area contributed by atoms with E-state index in [1.54, 1.807) is 31.6 Å². The third-order valence-corrected chi connectivity index (χ3v) is 1.85. The van der Waals surface area contributed by atoms with Gasteiger partial charge >= 0.3 is 0 Å². The first-order valence-electron chi connectivity index (χ1n) is 4.64. The molecule has 0 aliphatic rings. The quantitative estimate of drug-likeness (QED) is 0.548. The van der Waals surface area contributed by atoms with Crippen molar-refractivity contribution in [3.63, 3.8) is 0 Å². The van der Waals surface area contributed by atoms with Crippen molar-refractivity contribution in [1.29, 1.82) is 0 Å². The Balaban J connectivity index is 2.64. The molecule has 0 unspecified atom stereocenters. The minimum absolute atomic E-state index is 0.0148. The van der Waals surface area contributed by atoms with E-state index >= 15 is 0 Å². The molecule has 0 amide bonds. The maximum atomic E-state index is 11.1. The maximum Gasteiger partial charge on any atom is 0.158 e. The van der Waals surface area contributed by atoms with Crippen molar-refractivity contribution < 1.29 is 13.9 Å². The average molecular weight is 206 g/mol. The van der Waals surface area contributed by atoms with Gasteiger partial charge in [-0.2, -0.15) is 0 Å². The van der Waals surface area contributed by atoms with Crippen LogP contribution in [0.5, 0.6) is 0 Å². The lowest BCUT2D eigenvalue weighted by Gasteiger charge is -1.98. The van der Waals surface area contributed by atoms with Crippen molar-refractivity contribution in [2.45, 2.75) is 6.92 Å². The molecule has 0 aromatic carbocycles. The summed E-state index contributed by atoms with van der Waals surface area (Å²) < 4.78 is 10.0. The van der Waals surface area contributed by atoms with Crippen LogP contribution in [0.4, 0.5) is 0 Å². The van der Waals surface area contributed by atoms with Crippen LogP contribution in [0.15, 0.2) is 40.5 Å². The zero-order valence-corrected chi connectivity index (χ0v) is 8.90. The first-order chi connectivity index (χ1) is 7.24. The van der Waals surface area contributed by atoms with Crippen molar-refractivity contribution >= 4 is 11.9 Å². The third kappa shape index (κ3) is 3.95. The molecule has 15 heavy (non-hydrogen) atoms. The molecule has 0 saturated heterocycles. The number of ether oxygens (including phenoxy) is 1. The fourth-order valence-electron chi connectivity index (χ4n) is 1.07. The SMILES string of the molecule is COC/C(=C\C=C\c1ccco1)C(C)=O. The third-order valence-electron chi connectivity index (χ3n) is 1.85. The monoisotopic (exact) mass is 206 g/mol. The lowest BCUT2D eigenvalue weighted by atomic mass is 10.2. The minimum atomic E-state index is 0.0148. The van der Waals surface area contributed by atoms with Crippen LogP contribution in [-0.2, 0) is 9.53 Å². The molecular formula is C12H14O3. The Labute approximate surface area is 89.0 Å². The van der Waals surface area contributed by atoms with E-state index in [0.717, 1.165) is 5.76 Å². The highest BCUT2D eigenvalue weighted by atomic mass is 16.5. The van der Waals surface area contributed by atoms with Gasteiger partial charge in [0.25, 0.3) is 0 Å². The van der Waals surface area contributed by atoms with Crippen molar-refractivity contribution in [2.75, 3.05) is 13.7 Å². The predicted molar refractivity (Wildman–Crippen MR) is 58.4 cm³/mol. The summed E-state index contributed by atoms with van der Waals surface area (Å²) in [6, 6.07) is 3.65. The van der Waals surface area contributed by atoms with Crippen molar-refractivity contribution in [2.24, 2.45) is 0 Å². The summed E-state index contributed by atoms with van der Waals surface area (Å²) in [5.74, 6) is 0.771. The summed E-state index contributed by atoms with van der Waals surface area (Å²) in [5.41, 5.74) is 0.639. The van der Waals surface area contributed by atoms with Crippen molar-refractivity contribution in [3.05, 3.63) is 41.9 Å². The lowest BCUT2D eigenvalue weighted by molar-refractivity contribution is -0.114. The van der Waals surface area contributed by atoms with Gasteiger partial charge in [-0.15, -0.1) is 0 Å². The van der Waals surface area contributed by atoms with Crippen LogP contribution in [0.1, 0.15) is 12.7 Å². The van der Waals surface area contributed by atoms with Crippen LogP contribution in [0, 0.1) is 0 Å². The minimum Gasteiger partial charge on any atom is -0.465 e. The van der Waals surface area contributed by atoms with Gasteiger partial charge in [-0.3, -0.25) is 4.79 Å². The van der Waals surface area contributed by atoms with E-state index < -0.39 is 0 Å². The summed E-state index contributed by atoms with van der Waals surface area (Å²) in [7, 11) is 1.56. The molecule has 0 spiro atoms. The number of hydrogen-bond donors (Lipinski definition) is 0. The molecule has 3 nitrogen and oxygen atoms in total. The molecule has 0 atom stereocenters. The molecule has 0 aliphatic carbocycles. The number of carbonyl (C=O) groups is 1. The first-order valence-corrected chi connectivity index (χ1v) is 4.64. The van der Waals surface area contributed by atoms with Gasteiger partial charge < -0.3 is 9.15 Å². The fourth-order valence-corrected chi connectivity index (χ4v) is 1.07. The Morgan fingerprint density at radius 3 is 2.93 bits per heavy atom. The zero-order chi connectivity index (χ0) is 11.1. The Morgan fingerprint density at radius 2 is 2.40 bits per heavy atom. The lowest BCUT2D eigenvalue weighted by Crippen LogP contribution is -2.03. The standard InChI is InChI=1S/C12H14O3/c1-10(13)11(9-14-2)5-3-6-12-7-4-8-15-12/h3-8H,9H2,1-2H3/b6-3+,11-5+. The maximum absolute atomic E-state index is 11.1. The average Bonchev–Trinajstić information content (AvgIpc) is 2.69. The summed E-state index contributed by atoms with van der Waals surface area (Å²) in [5, 5.41) is 0. The number of methoxy groups -OCH3 is 1. The number of furan rings is 1. The highest BCUT2D eigenvalue weighted by molar-refractivity contribution is 5.93. The molecule has 0 N–H and O–H groups in total. The van der Waals surface area contributed by atoms with Gasteiger partial charge in [0.1, 0.15) is 5.76 Å². The second-order valence-electron chi connectivity index (χ2n) is 3.06. The summed E-state index contributed by atoms with van der Waals surface area (Å²) in [6.07, 6.45) is 6.89. The first kappa shape index (κ1) is 11.5. The largest absolute Gasteiger partial charge is 0.465 e. The van der Waals surface area contributed by atoms with Crippen LogP contribution in [0.3, 0.4) is 0 Å². The Hall–Kier alpha value is -1.61. The number of hydrogen-bond acceptors (Lipinski definition) is 3. The van der Waals surface area contributed by atoms with E-state index in [1.807, 2.05) is 12.1 Å². The summed E-state index contributed by atoms with van der Waals surface area (Å²) in [4.78, 5) is 11.1. The smallest absolute Gasteiger partial charge is 0.158 e. The van der Waals surface area contributed by atoms with Gasteiger partial charge in [0.15, 0.2) is 5.78 Å². The van der Waals surface area contributed by atoms with E-state index in [-0.39, 0.29) is 5.78 Å². The highest BCUT2D eigenvalue weighted by Crippen LogP contribution is 2.04. The fraction of sp³-hybridized carbons (Fsp3) is 0.250. The van der Waals surface area contributed by atoms with Crippen molar-refractivity contribution in [3.8, 4) is 0 Å². The van der Waals surface area contributed by atoms with E-state index in [1.165, 1.54) is 6.92 Å². The normalized spacial score (nSPS) is 12.3. The van der Waals surface area contributed by atoms with Gasteiger partial charge in [-0.1, -0.05) is 12.2 Å². The molecule has 1 aromatic heterocycles. The predicted octanol–water partition coefficient (Wildman–Crippen LogP) is 2.45. The highest BCUT2D eigenvalue weighted by Gasteiger charge is 2.00. The molecule has 1 aromatic rings. The van der Waals surface area contributed by atoms with E-state index in [0.29, 0.717) is 12.2 Å². The molecular weight excluding hydrogens is 192 g/mol. The molecule has 0 radical (unpaired) electrons. The summed E-state index contributed by atoms with van der Waals surface area (Å²) >= 11 is 0. The number of carbonyl (C=O) groups excluding carboxylic acids is 1. The molecule has 1 rings (SSSR count). The van der Waals surface area contributed by atoms with Crippen LogP contribution < -0.4 is 0 Å². The van der Waals surface area contributed by atoms with Gasteiger partial charge in [-0.05, 0) is 25.1 Å². The zero-order valence-electron chi connectivity index (χ0n) is 8.90. The van der Waals surface area contributed by atoms with E-state index in [2.05, 4.69) is 0 Å². The second kappa shape index (κ2) is 5.98. The van der Waals surface area contributed by atoms with Gasteiger partial charge in [-0.25, -0.2) is 0 Å². The van der Waals surface area contributed by atoms with Crippen molar-refractivity contribution in [1.82, 2.24) is 0 Å². The van der Waals surface area contributed by atoms with E-state index in [4.69, 9.17) is 9.15 Å². The topological polar surface area (TPSA) is 39.4 Å². The van der Waals surface area contributed by atoms with Crippen LogP contribution in [0.2, 0.25) is 0 Å². The van der Waals surface area contributed by atoms with Gasteiger partial charge in [0, 0.05) is 12.7 Å². The number of ketones is 1. The van der Waals surface area contributed by atoms with Crippen LogP contribution in [0.25, 0.3) is 6.08 Å². The Kier molecular flexibility index (Phi) is 4.57. The number of Topliss-reactive ketones (excluding diaryl/α,β-unsaturated/α-hetero) is 1. The molecule has 0 saturated carbocycles. The molecule has 0 bridgehead atoms. The van der Waals surface area contributed by atoms with Crippen LogP contribution >= 0.6 is 0 Å². The van der Waals surface area contributed by atoms with Crippen LogP contribution in [-0.4, -0.2) is 19.5 Å². The summed E-state index contributed by atoms with van der Waals surface area (Å²) in [6.45, 7) is 1.85. The molecule has 0 fully saturated rings. The number of rotatable bonds is 5. The second-order valence-corrected chi connectivity index (χ2v) is 3.06. The molecule has 80 valence electrons. The molecule has 1 heterocycles. The van der Waals surface area contributed by atoms with E-state index in [9.17, 15) is 4.79 Å². The Bertz CT molecular complexity index is 358.